The molecule has 3 aliphatic rings. The standard InChI is InChI=1S/C22H23N3O4S/c1-12(2)17-16-13-6-4-5-7-14(13)30-18(16)19(27)25(24-17)8-15(26)23-22-9-21(10-22,11-22)20(28)29-3/h4-7,12H,8-11H2,1-3H3,(H,23,26). The van der Waals surface area contributed by atoms with Gasteiger partial charge in [0.2, 0.25) is 5.91 Å². The van der Waals surface area contributed by atoms with Gasteiger partial charge in [0.25, 0.3) is 5.56 Å². The molecule has 0 atom stereocenters. The van der Waals surface area contributed by atoms with Crippen LogP contribution in [0.4, 0.5) is 0 Å². The van der Waals surface area contributed by atoms with Crippen molar-refractivity contribution in [1.29, 1.82) is 0 Å². The van der Waals surface area contributed by atoms with Crippen molar-refractivity contribution in [2.45, 2.75) is 51.1 Å². The van der Waals surface area contributed by atoms with E-state index in [1.807, 2.05) is 38.1 Å². The fourth-order valence-corrected chi connectivity index (χ4v) is 6.29. The predicted molar refractivity (Wildman–Crippen MR) is 115 cm³/mol. The van der Waals surface area contributed by atoms with Crippen molar-refractivity contribution in [3.8, 4) is 0 Å². The lowest BCUT2D eigenvalue weighted by atomic mass is 9.39. The maximum Gasteiger partial charge on any atom is 0.312 e. The molecule has 1 aromatic carbocycles. The molecule has 0 spiro atoms. The number of benzene rings is 1. The summed E-state index contributed by atoms with van der Waals surface area (Å²) in [6, 6.07) is 7.93. The molecule has 0 radical (unpaired) electrons. The van der Waals surface area contributed by atoms with Crippen molar-refractivity contribution >= 4 is 43.4 Å². The fourth-order valence-electron chi connectivity index (χ4n) is 5.13. The topological polar surface area (TPSA) is 90.3 Å². The predicted octanol–water partition coefficient (Wildman–Crippen LogP) is 2.95. The Morgan fingerprint density at radius 2 is 1.97 bits per heavy atom. The molecule has 3 aliphatic carbocycles. The van der Waals surface area contributed by atoms with Crippen LogP contribution in [0.2, 0.25) is 0 Å². The first-order chi connectivity index (χ1) is 14.3. The van der Waals surface area contributed by atoms with Crippen LogP contribution in [0.3, 0.4) is 0 Å². The first-order valence-corrected chi connectivity index (χ1v) is 10.9. The molecule has 3 saturated carbocycles. The summed E-state index contributed by atoms with van der Waals surface area (Å²) in [5.41, 5.74) is -0.172. The molecule has 2 heterocycles. The van der Waals surface area contributed by atoms with Gasteiger partial charge in [0.15, 0.2) is 0 Å². The summed E-state index contributed by atoms with van der Waals surface area (Å²) in [6.45, 7) is 3.95. The highest BCUT2D eigenvalue weighted by molar-refractivity contribution is 7.25. The van der Waals surface area contributed by atoms with E-state index < -0.39 is 5.41 Å². The van der Waals surface area contributed by atoms with E-state index >= 15 is 0 Å². The van der Waals surface area contributed by atoms with Gasteiger partial charge in [-0.15, -0.1) is 11.3 Å². The average Bonchev–Trinajstić information content (AvgIpc) is 3.05. The normalized spacial score (nSPS) is 24.5. The molecule has 6 rings (SSSR count). The van der Waals surface area contributed by atoms with Crippen LogP contribution in [0, 0.1) is 5.41 Å². The Bertz CT molecular complexity index is 1250. The lowest BCUT2D eigenvalue weighted by molar-refractivity contribution is -0.203. The van der Waals surface area contributed by atoms with Gasteiger partial charge in [0.05, 0.1) is 18.2 Å². The Hall–Kier alpha value is -2.74. The number of methoxy groups -OCH3 is 1. The quantitative estimate of drug-likeness (QED) is 0.635. The second-order valence-corrected chi connectivity index (χ2v) is 9.99. The van der Waals surface area contributed by atoms with E-state index in [1.165, 1.54) is 23.1 Å². The van der Waals surface area contributed by atoms with Crippen LogP contribution in [0.25, 0.3) is 20.2 Å². The Morgan fingerprint density at radius 3 is 2.63 bits per heavy atom. The molecule has 7 nitrogen and oxygen atoms in total. The molecular weight excluding hydrogens is 402 g/mol. The van der Waals surface area contributed by atoms with Gasteiger partial charge in [0, 0.05) is 21.0 Å². The van der Waals surface area contributed by atoms with E-state index in [2.05, 4.69) is 10.4 Å². The number of thiophene rings is 1. The monoisotopic (exact) mass is 425 g/mol. The van der Waals surface area contributed by atoms with Crippen LogP contribution in [0.15, 0.2) is 29.1 Å². The third-order valence-electron chi connectivity index (χ3n) is 6.40. The largest absolute Gasteiger partial charge is 0.469 e. The number of nitrogens with one attached hydrogen (secondary N) is 1. The number of rotatable bonds is 5. The number of nitrogens with zero attached hydrogens (tertiary/aromatic N) is 2. The third kappa shape index (κ3) is 2.62. The van der Waals surface area contributed by atoms with E-state index in [0.717, 1.165) is 21.2 Å². The van der Waals surface area contributed by atoms with Gasteiger partial charge in [-0.2, -0.15) is 5.10 Å². The van der Waals surface area contributed by atoms with Crippen molar-refractivity contribution in [2.75, 3.05) is 7.11 Å². The second-order valence-electron chi connectivity index (χ2n) is 8.94. The smallest absolute Gasteiger partial charge is 0.312 e. The molecule has 2 aromatic heterocycles. The van der Waals surface area contributed by atoms with Crippen molar-refractivity contribution in [3.63, 3.8) is 0 Å². The highest BCUT2D eigenvalue weighted by atomic mass is 32.1. The second kappa shape index (κ2) is 6.38. The minimum atomic E-state index is -0.419. The van der Waals surface area contributed by atoms with Gasteiger partial charge in [0.1, 0.15) is 11.2 Å². The van der Waals surface area contributed by atoms with Gasteiger partial charge in [-0.25, -0.2) is 4.68 Å². The molecule has 8 heteroatoms. The number of carbonyl (C=O) groups is 2. The Morgan fingerprint density at radius 1 is 1.27 bits per heavy atom. The van der Waals surface area contributed by atoms with E-state index in [-0.39, 0.29) is 35.4 Å². The van der Waals surface area contributed by atoms with Crippen molar-refractivity contribution < 1.29 is 14.3 Å². The summed E-state index contributed by atoms with van der Waals surface area (Å²) >= 11 is 1.45. The van der Waals surface area contributed by atoms with Gasteiger partial charge >= 0.3 is 5.97 Å². The molecule has 3 fully saturated rings. The van der Waals surface area contributed by atoms with E-state index in [1.54, 1.807) is 0 Å². The van der Waals surface area contributed by atoms with Crippen LogP contribution in [0.5, 0.6) is 0 Å². The molecule has 1 N–H and O–H groups in total. The van der Waals surface area contributed by atoms with Crippen LogP contribution in [0.1, 0.15) is 44.7 Å². The number of hydrogen-bond acceptors (Lipinski definition) is 6. The Balaban J connectivity index is 1.43. The first-order valence-electron chi connectivity index (χ1n) is 10.1. The zero-order valence-electron chi connectivity index (χ0n) is 17.2. The number of fused-ring (bicyclic) bond motifs is 3. The van der Waals surface area contributed by atoms with Crippen LogP contribution < -0.4 is 10.9 Å². The number of aromatic nitrogens is 2. The van der Waals surface area contributed by atoms with E-state index in [0.29, 0.717) is 24.0 Å². The summed E-state index contributed by atoms with van der Waals surface area (Å²) < 4.78 is 7.81. The van der Waals surface area contributed by atoms with E-state index in [9.17, 15) is 14.4 Å². The Kier molecular flexibility index (Phi) is 4.09. The summed E-state index contributed by atoms with van der Waals surface area (Å²) in [5.74, 6) is -0.343. The van der Waals surface area contributed by atoms with Crippen molar-refractivity contribution in [1.82, 2.24) is 15.1 Å². The SMILES string of the molecule is COC(=O)C12CC(NC(=O)Cn3nc(C(C)C)c4c(sc5ccccc54)c3=O)(C1)C2. The molecule has 156 valence electrons. The molecule has 3 aromatic rings. The lowest BCUT2D eigenvalue weighted by Gasteiger charge is -2.68. The molecule has 1 amide bonds. The average molecular weight is 426 g/mol. The first kappa shape index (κ1) is 19.2. The maximum atomic E-state index is 13.1. The van der Waals surface area contributed by atoms with Crippen LogP contribution in [-0.4, -0.2) is 34.3 Å². The minimum absolute atomic E-state index is 0.109. The summed E-state index contributed by atoms with van der Waals surface area (Å²) in [7, 11) is 1.39. The zero-order valence-corrected chi connectivity index (χ0v) is 18.0. The van der Waals surface area contributed by atoms with Crippen LogP contribution >= 0.6 is 11.3 Å². The number of esters is 1. The third-order valence-corrected chi connectivity index (χ3v) is 7.56. The summed E-state index contributed by atoms with van der Waals surface area (Å²) in [5, 5.41) is 9.53. The summed E-state index contributed by atoms with van der Waals surface area (Å²) in [6.07, 6.45) is 1.81. The van der Waals surface area contributed by atoms with Crippen molar-refractivity contribution in [2.24, 2.45) is 5.41 Å². The highest BCUT2D eigenvalue weighted by Crippen LogP contribution is 2.67. The van der Waals surface area contributed by atoms with Gasteiger partial charge in [-0.1, -0.05) is 32.0 Å². The number of amides is 1. The number of ether oxygens (including phenoxy) is 1. The lowest BCUT2D eigenvalue weighted by Crippen LogP contribution is -2.77. The summed E-state index contributed by atoms with van der Waals surface area (Å²) in [4.78, 5) is 37.7. The number of hydrogen-bond donors (Lipinski definition) is 1. The molecule has 0 aliphatic heterocycles. The van der Waals surface area contributed by atoms with E-state index in [4.69, 9.17) is 4.74 Å². The molecule has 30 heavy (non-hydrogen) atoms. The van der Waals surface area contributed by atoms with Gasteiger partial charge in [-0.05, 0) is 31.2 Å². The maximum absolute atomic E-state index is 13.1. The number of carbonyl (C=O) groups excluding carboxylic acids is 2. The minimum Gasteiger partial charge on any atom is -0.469 e. The Labute approximate surface area is 177 Å². The van der Waals surface area contributed by atoms with Crippen molar-refractivity contribution in [3.05, 3.63) is 40.3 Å². The van der Waals surface area contributed by atoms with Crippen LogP contribution in [-0.2, 0) is 20.9 Å². The van der Waals surface area contributed by atoms with Gasteiger partial charge < -0.3 is 10.1 Å². The molecule has 0 unspecified atom stereocenters. The molecular formula is C22H23N3O4S. The highest BCUT2D eigenvalue weighted by Gasteiger charge is 2.73. The molecule has 2 bridgehead atoms. The molecule has 0 saturated heterocycles. The zero-order chi connectivity index (χ0) is 21.3. The van der Waals surface area contributed by atoms with Gasteiger partial charge in [-0.3, -0.25) is 14.4 Å². The fraction of sp³-hybridized carbons (Fsp3) is 0.455.